The fraction of sp³-hybridized carbons (Fsp3) is 0.722. The molecule has 27 heavy (non-hydrogen) atoms. The van der Waals surface area contributed by atoms with Crippen molar-refractivity contribution < 1.29 is 9.53 Å². The number of nitrogens with one attached hydrogen (secondary N) is 2. The molecule has 0 aliphatic rings. The second-order valence-corrected chi connectivity index (χ2v) is 8.22. The van der Waals surface area contributed by atoms with Crippen molar-refractivity contribution in [2.45, 2.75) is 60.6 Å². The van der Waals surface area contributed by atoms with E-state index in [1.54, 1.807) is 16.2 Å². The first-order chi connectivity index (χ1) is 12.2. The Labute approximate surface area is 184 Å². The predicted octanol–water partition coefficient (Wildman–Crippen LogP) is 3.69. The van der Waals surface area contributed by atoms with Gasteiger partial charge in [-0.25, -0.2) is 14.8 Å². The minimum absolute atomic E-state index is 0. The van der Waals surface area contributed by atoms with Crippen molar-refractivity contribution in [3.63, 3.8) is 0 Å². The molecule has 0 radical (unpaired) electrons. The van der Waals surface area contributed by atoms with Crippen LogP contribution in [0.15, 0.2) is 4.99 Å². The maximum atomic E-state index is 12.2. The summed E-state index contributed by atoms with van der Waals surface area (Å²) in [5.41, 5.74) is 0.576. The van der Waals surface area contributed by atoms with Crippen LogP contribution in [0.25, 0.3) is 0 Å². The summed E-state index contributed by atoms with van der Waals surface area (Å²) >= 11 is 1.67. The van der Waals surface area contributed by atoms with Crippen molar-refractivity contribution >= 4 is 47.4 Å². The molecular formula is C18H34IN5O2S. The quantitative estimate of drug-likeness (QED) is 0.332. The number of guanidine groups is 1. The van der Waals surface area contributed by atoms with Gasteiger partial charge in [-0.05, 0) is 48.5 Å². The van der Waals surface area contributed by atoms with Crippen LogP contribution in [-0.4, -0.2) is 53.7 Å². The van der Waals surface area contributed by atoms with Crippen LogP contribution in [0.1, 0.15) is 50.2 Å². The zero-order valence-electron chi connectivity index (χ0n) is 17.5. The summed E-state index contributed by atoms with van der Waals surface area (Å²) in [6.45, 7) is 16.7. The molecule has 1 aromatic rings. The second-order valence-electron chi connectivity index (χ2n) is 6.93. The second kappa shape index (κ2) is 12.4. The number of carbonyl (C=O) groups is 1. The van der Waals surface area contributed by atoms with Crippen LogP contribution >= 0.6 is 35.3 Å². The van der Waals surface area contributed by atoms with Crippen molar-refractivity contribution in [2.24, 2.45) is 4.99 Å². The van der Waals surface area contributed by atoms with Gasteiger partial charge in [0.25, 0.3) is 0 Å². The van der Waals surface area contributed by atoms with E-state index in [1.807, 2.05) is 41.5 Å². The molecule has 0 fully saturated rings. The van der Waals surface area contributed by atoms with E-state index in [0.29, 0.717) is 26.2 Å². The number of amides is 1. The van der Waals surface area contributed by atoms with Crippen molar-refractivity contribution in [2.75, 3.05) is 26.2 Å². The zero-order valence-corrected chi connectivity index (χ0v) is 20.7. The van der Waals surface area contributed by atoms with Gasteiger partial charge in [-0.1, -0.05) is 0 Å². The van der Waals surface area contributed by atoms with Crippen LogP contribution in [0.2, 0.25) is 0 Å². The van der Waals surface area contributed by atoms with E-state index >= 15 is 0 Å². The lowest BCUT2D eigenvalue weighted by molar-refractivity contribution is 0.0264. The van der Waals surface area contributed by atoms with Gasteiger partial charge in [0.1, 0.15) is 10.6 Å². The fourth-order valence-electron chi connectivity index (χ4n) is 2.11. The number of hydrogen-bond acceptors (Lipinski definition) is 5. The van der Waals surface area contributed by atoms with Gasteiger partial charge in [0, 0.05) is 31.1 Å². The van der Waals surface area contributed by atoms with Crippen molar-refractivity contribution in [3.8, 4) is 0 Å². The number of nitrogens with zero attached hydrogens (tertiary/aromatic N) is 3. The Morgan fingerprint density at radius 1 is 1.26 bits per heavy atom. The predicted molar refractivity (Wildman–Crippen MR) is 123 cm³/mol. The summed E-state index contributed by atoms with van der Waals surface area (Å²) in [4.78, 5) is 24.1. The average molecular weight is 511 g/mol. The number of carbonyl (C=O) groups excluding carboxylic acids is 1. The molecule has 0 spiro atoms. The van der Waals surface area contributed by atoms with E-state index in [2.05, 4.69) is 27.5 Å². The number of aliphatic imine (C=N–C) groups is 1. The SMILES string of the molecule is CCNC(=NCc1nc(C)c(C)s1)NCCN(CC)C(=O)OC(C)(C)C.I. The van der Waals surface area contributed by atoms with Gasteiger partial charge in [-0.15, -0.1) is 35.3 Å². The highest BCUT2D eigenvalue weighted by Crippen LogP contribution is 2.16. The molecule has 1 heterocycles. The van der Waals surface area contributed by atoms with Gasteiger partial charge in [0.05, 0.1) is 12.2 Å². The Morgan fingerprint density at radius 3 is 2.41 bits per heavy atom. The molecule has 0 atom stereocenters. The Morgan fingerprint density at radius 2 is 1.93 bits per heavy atom. The fourth-order valence-corrected chi connectivity index (χ4v) is 2.97. The molecule has 1 rings (SSSR count). The van der Waals surface area contributed by atoms with Crippen LogP contribution in [-0.2, 0) is 11.3 Å². The van der Waals surface area contributed by atoms with Gasteiger partial charge in [-0.3, -0.25) is 0 Å². The third-order valence-corrected chi connectivity index (χ3v) is 4.55. The van der Waals surface area contributed by atoms with Crippen molar-refractivity contribution in [1.29, 1.82) is 0 Å². The number of ether oxygens (including phenoxy) is 1. The Hall–Kier alpha value is -1.10. The molecular weight excluding hydrogens is 477 g/mol. The van der Waals surface area contributed by atoms with Crippen LogP contribution in [0, 0.1) is 13.8 Å². The van der Waals surface area contributed by atoms with E-state index in [9.17, 15) is 4.79 Å². The number of likely N-dealkylation sites (N-methyl/N-ethyl adjacent to an activating group) is 1. The number of aromatic nitrogens is 1. The Bertz CT molecular complexity index is 594. The minimum Gasteiger partial charge on any atom is -0.444 e. The van der Waals surface area contributed by atoms with E-state index in [-0.39, 0.29) is 30.1 Å². The van der Waals surface area contributed by atoms with Crippen LogP contribution in [0.3, 0.4) is 0 Å². The summed E-state index contributed by atoms with van der Waals surface area (Å²) < 4.78 is 5.42. The topological polar surface area (TPSA) is 78.9 Å². The van der Waals surface area contributed by atoms with E-state index in [4.69, 9.17) is 4.74 Å². The highest BCUT2D eigenvalue weighted by Gasteiger charge is 2.20. The van der Waals surface area contributed by atoms with Crippen molar-refractivity contribution in [3.05, 3.63) is 15.6 Å². The van der Waals surface area contributed by atoms with E-state index in [0.717, 1.165) is 23.2 Å². The summed E-state index contributed by atoms with van der Waals surface area (Å²) in [5.74, 6) is 0.721. The summed E-state index contributed by atoms with van der Waals surface area (Å²) in [6.07, 6.45) is -0.294. The van der Waals surface area contributed by atoms with Crippen LogP contribution in [0.4, 0.5) is 4.79 Å². The lowest BCUT2D eigenvalue weighted by Crippen LogP contribution is -2.44. The third kappa shape index (κ3) is 10.1. The zero-order chi connectivity index (χ0) is 19.7. The number of hydrogen-bond donors (Lipinski definition) is 2. The number of rotatable bonds is 7. The molecule has 2 N–H and O–H groups in total. The average Bonchev–Trinajstić information content (AvgIpc) is 2.85. The molecule has 0 saturated carbocycles. The first-order valence-corrected chi connectivity index (χ1v) is 9.91. The normalized spacial score (nSPS) is 11.6. The van der Waals surface area contributed by atoms with E-state index < -0.39 is 5.60 Å². The molecule has 0 aliphatic heterocycles. The first kappa shape index (κ1) is 25.9. The van der Waals surface area contributed by atoms with Gasteiger partial charge in [-0.2, -0.15) is 0 Å². The van der Waals surface area contributed by atoms with Gasteiger partial charge >= 0.3 is 6.09 Å². The Kier molecular flexibility index (Phi) is 11.9. The monoisotopic (exact) mass is 511 g/mol. The molecule has 156 valence electrons. The highest BCUT2D eigenvalue weighted by atomic mass is 127. The highest BCUT2D eigenvalue weighted by molar-refractivity contribution is 14.0. The summed E-state index contributed by atoms with van der Waals surface area (Å²) in [7, 11) is 0. The Balaban J connectivity index is 0.00000676. The first-order valence-electron chi connectivity index (χ1n) is 9.09. The van der Waals surface area contributed by atoms with Gasteiger partial charge in [0.2, 0.25) is 0 Å². The molecule has 0 aliphatic carbocycles. The molecule has 7 nitrogen and oxygen atoms in total. The molecule has 9 heteroatoms. The third-order valence-electron chi connectivity index (χ3n) is 3.50. The molecule has 0 saturated heterocycles. The van der Waals surface area contributed by atoms with Gasteiger partial charge < -0.3 is 20.3 Å². The standard InChI is InChI=1S/C18H33N5O2S.HI/c1-8-19-16(21-12-15-22-13(3)14(4)26-15)20-10-11-23(9-2)17(24)25-18(5,6)7;/h8-12H2,1-7H3,(H2,19,20,21);1H. The van der Waals surface area contributed by atoms with Crippen LogP contribution < -0.4 is 10.6 Å². The van der Waals surface area contributed by atoms with Crippen molar-refractivity contribution in [1.82, 2.24) is 20.5 Å². The lowest BCUT2D eigenvalue weighted by atomic mass is 10.2. The van der Waals surface area contributed by atoms with E-state index in [1.165, 1.54) is 4.88 Å². The minimum atomic E-state index is -0.488. The smallest absolute Gasteiger partial charge is 0.410 e. The molecule has 1 amide bonds. The number of thiazole rings is 1. The summed E-state index contributed by atoms with van der Waals surface area (Å²) in [6, 6.07) is 0. The number of aryl methyl sites for hydroxylation is 2. The molecule has 1 aromatic heterocycles. The maximum absolute atomic E-state index is 12.2. The molecule has 0 bridgehead atoms. The molecule has 0 aromatic carbocycles. The molecule has 0 unspecified atom stereocenters. The largest absolute Gasteiger partial charge is 0.444 e. The van der Waals surface area contributed by atoms with Gasteiger partial charge in [0.15, 0.2) is 5.96 Å². The maximum Gasteiger partial charge on any atom is 0.410 e. The number of halogens is 1. The summed E-state index contributed by atoms with van der Waals surface area (Å²) in [5, 5.41) is 7.48. The van der Waals surface area contributed by atoms with Crippen LogP contribution in [0.5, 0.6) is 0 Å². The lowest BCUT2D eigenvalue weighted by Gasteiger charge is -2.26.